The Morgan fingerprint density at radius 3 is 3.05 bits per heavy atom. The molecule has 2 fully saturated rings. The van der Waals surface area contributed by atoms with Crippen LogP contribution in [0.15, 0.2) is 17.2 Å². The quantitative estimate of drug-likeness (QED) is 0.815. The van der Waals surface area contributed by atoms with Gasteiger partial charge in [0.05, 0.1) is 13.1 Å². The Morgan fingerprint density at radius 2 is 2.25 bits per heavy atom. The fraction of sp³-hybridized carbons (Fsp3) is 0.692. The van der Waals surface area contributed by atoms with E-state index in [9.17, 15) is 0 Å². The molecule has 1 aliphatic carbocycles. The molecule has 2 aromatic rings. The van der Waals surface area contributed by atoms with Crippen molar-refractivity contribution in [1.29, 1.82) is 0 Å². The molecule has 1 saturated carbocycles. The Hall–Kier alpha value is -1.76. The van der Waals surface area contributed by atoms with Gasteiger partial charge in [0.25, 0.3) is 0 Å². The lowest BCUT2D eigenvalue weighted by molar-refractivity contribution is 0.191. The van der Waals surface area contributed by atoms with Crippen LogP contribution < -0.4 is 0 Å². The number of rotatable bonds is 5. The van der Waals surface area contributed by atoms with Crippen LogP contribution in [0, 0.1) is 0 Å². The molecule has 2 aromatic heterocycles. The molecule has 7 nitrogen and oxygen atoms in total. The second-order valence-corrected chi connectivity index (χ2v) is 5.70. The van der Waals surface area contributed by atoms with Crippen LogP contribution in [0.25, 0.3) is 0 Å². The van der Waals surface area contributed by atoms with E-state index >= 15 is 0 Å². The highest BCUT2D eigenvalue weighted by Crippen LogP contribution is 2.38. The van der Waals surface area contributed by atoms with E-state index in [4.69, 9.17) is 4.52 Å². The van der Waals surface area contributed by atoms with Crippen molar-refractivity contribution >= 4 is 0 Å². The number of hydrogen-bond donors (Lipinski definition) is 0. The molecule has 0 radical (unpaired) electrons. The largest absolute Gasteiger partial charge is 0.338 e. The van der Waals surface area contributed by atoms with Crippen molar-refractivity contribution in [2.45, 2.75) is 50.7 Å². The topological polar surface area (TPSA) is 72.9 Å². The van der Waals surface area contributed by atoms with Crippen molar-refractivity contribution in [3.05, 3.63) is 24.4 Å². The van der Waals surface area contributed by atoms with E-state index in [1.165, 1.54) is 25.7 Å². The number of nitrogens with zero attached hydrogens (tertiary/aromatic N) is 6. The van der Waals surface area contributed by atoms with Gasteiger partial charge in [-0.2, -0.15) is 10.1 Å². The summed E-state index contributed by atoms with van der Waals surface area (Å²) in [6, 6.07) is 0.480. The van der Waals surface area contributed by atoms with E-state index in [1.807, 2.05) is 4.68 Å². The normalized spacial score (nSPS) is 23.5. The second-order valence-electron chi connectivity index (χ2n) is 5.70. The molecule has 4 rings (SSSR count). The molecule has 1 unspecified atom stereocenters. The maximum atomic E-state index is 5.37. The van der Waals surface area contributed by atoms with Gasteiger partial charge in [-0.05, 0) is 32.2 Å². The molecule has 20 heavy (non-hydrogen) atoms. The van der Waals surface area contributed by atoms with Gasteiger partial charge in [0.1, 0.15) is 12.7 Å². The van der Waals surface area contributed by atoms with Gasteiger partial charge in [0, 0.05) is 12.0 Å². The molecule has 2 aliphatic rings. The first-order valence-corrected chi connectivity index (χ1v) is 7.27. The molecule has 0 N–H and O–H groups in total. The Balaban J connectivity index is 1.40. The van der Waals surface area contributed by atoms with E-state index in [1.54, 1.807) is 12.7 Å². The first-order valence-electron chi connectivity index (χ1n) is 7.27. The van der Waals surface area contributed by atoms with Gasteiger partial charge in [-0.3, -0.25) is 9.58 Å². The van der Waals surface area contributed by atoms with Gasteiger partial charge in [0.15, 0.2) is 5.82 Å². The predicted octanol–water partition coefficient (Wildman–Crippen LogP) is 1.20. The molecule has 0 aromatic carbocycles. The fourth-order valence-electron chi connectivity index (χ4n) is 2.87. The minimum atomic E-state index is 0.480. The van der Waals surface area contributed by atoms with Crippen LogP contribution in [0.4, 0.5) is 0 Å². The van der Waals surface area contributed by atoms with Crippen molar-refractivity contribution in [1.82, 2.24) is 29.8 Å². The van der Waals surface area contributed by atoms with Crippen LogP contribution in [0.1, 0.15) is 43.3 Å². The maximum absolute atomic E-state index is 5.37. The Bertz CT molecular complexity index is 561. The average Bonchev–Trinajstić information content (AvgIpc) is 2.88. The summed E-state index contributed by atoms with van der Waals surface area (Å²) in [7, 11) is 0. The van der Waals surface area contributed by atoms with Crippen LogP contribution in [0.5, 0.6) is 0 Å². The van der Waals surface area contributed by atoms with E-state index in [2.05, 4.69) is 25.1 Å². The van der Waals surface area contributed by atoms with Crippen molar-refractivity contribution in [3.8, 4) is 0 Å². The summed E-state index contributed by atoms with van der Waals surface area (Å²) in [6.07, 6.45) is 8.16. The van der Waals surface area contributed by atoms with Gasteiger partial charge < -0.3 is 4.52 Å². The molecule has 1 saturated heterocycles. The number of aromatic nitrogens is 5. The van der Waals surface area contributed by atoms with Crippen LogP contribution in [0.3, 0.4) is 0 Å². The van der Waals surface area contributed by atoms with Crippen LogP contribution in [0.2, 0.25) is 0 Å². The molecule has 1 atom stereocenters. The highest BCUT2D eigenvalue weighted by Gasteiger charge is 2.30. The summed E-state index contributed by atoms with van der Waals surface area (Å²) in [5, 5.41) is 8.26. The summed E-state index contributed by atoms with van der Waals surface area (Å²) in [4.78, 5) is 10.9. The lowest BCUT2D eigenvalue weighted by Gasteiger charge is -2.22. The Kier molecular flexibility index (Phi) is 2.99. The molecule has 0 bridgehead atoms. The number of hydrogen-bond acceptors (Lipinski definition) is 6. The zero-order valence-corrected chi connectivity index (χ0v) is 11.4. The molecule has 0 spiro atoms. The van der Waals surface area contributed by atoms with E-state index in [-0.39, 0.29) is 0 Å². The lowest BCUT2D eigenvalue weighted by Crippen LogP contribution is -2.32. The summed E-state index contributed by atoms with van der Waals surface area (Å²) in [5.41, 5.74) is 0. The zero-order chi connectivity index (χ0) is 13.4. The smallest absolute Gasteiger partial charge is 0.240 e. The van der Waals surface area contributed by atoms with E-state index in [0.717, 1.165) is 31.3 Å². The first kappa shape index (κ1) is 12.0. The predicted molar refractivity (Wildman–Crippen MR) is 69.7 cm³/mol. The van der Waals surface area contributed by atoms with E-state index < -0.39 is 0 Å². The van der Waals surface area contributed by atoms with E-state index in [0.29, 0.717) is 12.0 Å². The summed E-state index contributed by atoms with van der Waals surface area (Å²) >= 11 is 0. The monoisotopic (exact) mass is 274 g/mol. The maximum Gasteiger partial charge on any atom is 0.240 e. The Morgan fingerprint density at radius 1 is 1.30 bits per heavy atom. The summed E-state index contributed by atoms with van der Waals surface area (Å²) in [5.74, 6) is 2.20. The third-order valence-corrected chi connectivity index (χ3v) is 4.13. The van der Waals surface area contributed by atoms with Crippen LogP contribution in [-0.4, -0.2) is 42.4 Å². The minimum absolute atomic E-state index is 0.480. The molecule has 1 aliphatic heterocycles. The average molecular weight is 274 g/mol. The van der Waals surface area contributed by atoms with Gasteiger partial charge in [-0.1, -0.05) is 5.16 Å². The fourth-order valence-corrected chi connectivity index (χ4v) is 2.87. The summed E-state index contributed by atoms with van der Waals surface area (Å²) < 4.78 is 7.27. The van der Waals surface area contributed by atoms with Crippen molar-refractivity contribution in [2.24, 2.45) is 0 Å². The third-order valence-electron chi connectivity index (χ3n) is 4.13. The second kappa shape index (κ2) is 4.97. The third kappa shape index (κ3) is 2.45. The molecule has 7 heteroatoms. The highest BCUT2D eigenvalue weighted by atomic mass is 16.5. The van der Waals surface area contributed by atoms with Crippen LogP contribution >= 0.6 is 0 Å². The van der Waals surface area contributed by atoms with Gasteiger partial charge in [-0.15, -0.1) is 0 Å². The van der Waals surface area contributed by atoms with Crippen molar-refractivity contribution < 1.29 is 4.52 Å². The lowest BCUT2D eigenvalue weighted by atomic mass is 10.2. The highest BCUT2D eigenvalue weighted by molar-refractivity contribution is 5.03. The first-order chi connectivity index (χ1) is 9.88. The standard InChI is InChI=1S/C13H18N6O/c1-2-11(6-19-9-14-8-15-19)18(5-1)7-12-16-13(17-20-12)10-3-4-10/h8-11H,1-7H2. The molecular weight excluding hydrogens is 256 g/mol. The zero-order valence-electron chi connectivity index (χ0n) is 11.4. The van der Waals surface area contributed by atoms with Crippen molar-refractivity contribution in [2.75, 3.05) is 6.54 Å². The summed E-state index contributed by atoms with van der Waals surface area (Å²) in [6.45, 7) is 2.71. The van der Waals surface area contributed by atoms with Gasteiger partial charge in [-0.25, -0.2) is 4.98 Å². The minimum Gasteiger partial charge on any atom is -0.338 e. The molecule has 0 amide bonds. The number of likely N-dealkylation sites (tertiary alicyclic amines) is 1. The van der Waals surface area contributed by atoms with Crippen LogP contribution in [-0.2, 0) is 13.1 Å². The van der Waals surface area contributed by atoms with Gasteiger partial charge in [0.2, 0.25) is 5.89 Å². The molecule has 106 valence electrons. The SMILES string of the molecule is c1ncn(CC2CCCN2Cc2nc(C3CC3)no2)n1. The van der Waals surface area contributed by atoms with Gasteiger partial charge >= 0.3 is 0 Å². The van der Waals surface area contributed by atoms with Crippen molar-refractivity contribution in [3.63, 3.8) is 0 Å². The molecular formula is C13H18N6O. The molecule has 3 heterocycles. The Labute approximate surface area is 117 Å².